The van der Waals surface area contributed by atoms with Gasteiger partial charge in [0.05, 0.1) is 5.52 Å². The SMILES string of the molecule is Cc1cccc(-n2c(N)nc3c(F)cccc32)c1. The van der Waals surface area contributed by atoms with E-state index in [1.54, 1.807) is 10.6 Å². The summed E-state index contributed by atoms with van der Waals surface area (Å²) in [5.74, 6) is -0.0636. The number of rotatable bonds is 1. The van der Waals surface area contributed by atoms with Crippen molar-refractivity contribution in [3.8, 4) is 5.69 Å². The molecule has 3 aromatic rings. The summed E-state index contributed by atoms with van der Waals surface area (Å²) >= 11 is 0. The number of anilines is 1. The normalized spacial score (nSPS) is 11.0. The summed E-state index contributed by atoms with van der Waals surface area (Å²) in [5, 5.41) is 0. The van der Waals surface area contributed by atoms with Crippen molar-refractivity contribution in [3.05, 3.63) is 53.8 Å². The first-order valence-corrected chi connectivity index (χ1v) is 5.66. The topological polar surface area (TPSA) is 43.8 Å². The van der Waals surface area contributed by atoms with Gasteiger partial charge in [-0.1, -0.05) is 18.2 Å². The minimum absolute atomic E-state index is 0.292. The Morgan fingerprint density at radius 1 is 1.17 bits per heavy atom. The van der Waals surface area contributed by atoms with Crippen molar-refractivity contribution in [3.63, 3.8) is 0 Å². The number of nitrogens with two attached hydrogens (primary N) is 1. The van der Waals surface area contributed by atoms with E-state index in [0.29, 0.717) is 17.0 Å². The van der Waals surface area contributed by atoms with Gasteiger partial charge in [-0.25, -0.2) is 9.37 Å². The monoisotopic (exact) mass is 241 g/mol. The number of halogens is 1. The van der Waals surface area contributed by atoms with Crippen LogP contribution in [0, 0.1) is 12.7 Å². The summed E-state index contributed by atoms with van der Waals surface area (Å²) in [4.78, 5) is 4.08. The van der Waals surface area contributed by atoms with E-state index in [9.17, 15) is 4.39 Å². The Morgan fingerprint density at radius 2 is 1.94 bits per heavy atom. The van der Waals surface area contributed by atoms with Crippen LogP contribution in [-0.2, 0) is 0 Å². The lowest BCUT2D eigenvalue weighted by atomic mass is 10.2. The van der Waals surface area contributed by atoms with Gasteiger partial charge in [0.2, 0.25) is 5.95 Å². The third-order valence-corrected chi connectivity index (χ3v) is 2.92. The molecule has 3 rings (SSSR count). The van der Waals surface area contributed by atoms with Crippen LogP contribution in [0.1, 0.15) is 5.56 Å². The van der Waals surface area contributed by atoms with Crippen molar-refractivity contribution in [2.24, 2.45) is 0 Å². The number of nitrogens with zero attached hydrogens (tertiary/aromatic N) is 2. The molecule has 4 heteroatoms. The van der Waals surface area contributed by atoms with Gasteiger partial charge in [-0.2, -0.15) is 0 Å². The minimum atomic E-state index is -0.356. The van der Waals surface area contributed by atoms with Gasteiger partial charge in [-0.3, -0.25) is 4.57 Å². The van der Waals surface area contributed by atoms with Gasteiger partial charge in [-0.15, -0.1) is 0 Å². The molecule has 0 fully saturated rings. The summed E-state index contributed by atoms with van der Waals surface area (Å²) in [6, 6.07) is 12.7. The van der Waals surface area contributed by atoms with Crippen LogP contribution in [0.15, 0.2) is 42.5 Å². The third kappa shape index (κ3) is 1.54. The molecular formula is C14H12FN3. The molecular weight excluding hydrogens is 229 g/mol. The van der Waals surface area contributed by atoms with E-state index in [-0.39, 0.29) is 5.82 Å². The fraction of sp³-hybridized carbons (Fsp3) is 0.0714. The van der Waals surface area contributed by atoms with Crippen molar-refractivity contribution >= 4 is 17.0 Å². The fourth-order valence-corrected chi connectivity index (χ4v) is 2.12. The van der Waals surface area contributed by atoms with E-state index in [2.05, 4.69) is 4.98 Å². The van der Waals surface area contributed by atoms with E-state index in [4.69, 9.17) is 5.73 Å². The van der Waals surface area contributed by atoms with Crippen molar-refractivity contribution in [2.45, 2.75) is 6.92 Å². The maximum atomic E-state index is 13.6. The average molecular weight is 241 g/mol. The molecule has 1 aromatic heterocycles. The highest BCUT2D eigenvalue weighted by Crippen LogP contribution is 2.24. The van der Waals surface area contributed by atoms with Gasteiger partial charge < -0.3 is 5.73 Å². The van der Waals surface area contributed by atoms with Crippen molar-refractivity contribution < 1.29 is 4.39 Å². The molecule has 2 aromatic carbocycles. The largest absolute Gasteiger partial charge is 0.369 e. The molecule has 0 saturated heterocycles. The lowest BCUT2D eigenvalue weighted by Crippen LogP contribution is -2.00. The zero-order chi connectivity index (χ0) is 12.7. The first kappa shape index (κ1) is 10.8. The summed E-state index contributed by atoms with van der Waals surface area (Å²) in [5.41, 5.74) is 8.88. The predicted octanol–water partition coefficient (Wildman–Crippen LogP) is 3.06. The maximum Gasteiger partial charge on any atom is 0.206 e. The lowest BCUT2D eigenvalue weighted by Gasteiger charge is -2.07. The van der Waals surface area contributed by atoms with Crippen molar-refractivity contribution in [2.75, 3.05) is 5.73 Å². The van der Waals surface area contributed by atoms with Crippen LogP contribution >= 0.6 is 0 Å². The quantitative estimate of drug-likeness (QED) is 0.711. The van der Waals surface area contributed by atoms with E-state index < -0.39 is 0 Å². The van der Waals surface area contributed by atoms with Crippen LogP contribution in [0.4, 0.5) is 10.3 Å². The summed E-state index contributed by atoms with van der Waals surface area (Å²) in [6.07, 6.45) is 0. The van der Waals surface area contributed by atoms with Gasteiger partial charge in [-0.05, 0) is 36.8 Å². The van der Waals surface area contributed by atoms with Gasteiger partial charge in [0, 0.05) is 5.69 Å². The van der Waals surface area contributed by atoms with Crippen molar-refractivity contribution in [1.29, 1.82) is 0 Å². The van der Waals surface area contributed by atoms with Crippen LogP contribution in [0.2, 0.25) is 0 Å². The zero-order valence-electron chi connectivity index (χ0n) is 9.89. The Morgan fingerprint density at radius 3 is 2.72 bits per heavy atom. The standard InChI is InChI=1S/C14H12FN3/c1-9-4-2-5-10(8-9)18-12-7-3-6-11(15)13(12)17-14(18)16/h2-8H,1H3,(H2,16,17). The van der Waals surface area contributed by atoms with Crippen LogP contribution in [-0.4, -0.2) is 9.55 Å². The first-order valence-electron chi connectivity index (χ1n) is 5.66. The second kappa shape index (κ2) is 3.84. The maximum absolute atomic E-state index is 13.6. The molecule has 0 bridgehead atoms. The predicted molar refractivity (Wildman–Crippen MR) is 70.2 cm³/mol. The van der Waals surface area contributed by atoms with Gasteiger partial charge in [0.25, 0.3) is 0 Å². The highest BCUT2D eigenvalue weighted by Gasteiger charge is 2.12. The number of para-hydroxylation sites is 1. The highest BCUT2D eigenvalue weighted by atomic mass is 19.1. The van der Waals surface area contributed by atoms with E-state index >= 15 is 0 Å². The van der Waals surface area contributed by atoms with Gasteiger partial charge >= 0.3 is 0 Å². The molecule has 3 nitrogen and oxygen atoms in total. The molecule has 18 heavy (non-hydrogen) atoms. The number of hydrogen-bond acceptors (Lipinski definition) is 2. The smallest absolute Gasteiger partial charge is 0.206 e. The number of imidazole rings is 1. The van der Waals surface area contributed by atoms with E-state index in [1.807, 2.05) is 37.3 Å². The summed E-state index contributed by atoms with van der Waals surface area (Å²) in [7, 11) is 0. The Hall–Kier alpha value is -2.36. The molecule has 0 aliphatic heterocycles. The Balaban J connectivity index is 2.36. The lowest BCUT2D eigenvalue weighted by molar-refractivity contribution is 0.637. The number of fused-ring (bicyclic) bond motifs is 1. The molecule has 0 aliphatic rings. The van der Waals surface area contributed by atoms with Gasteiger partial charge in [0.15, 0.2) is 5.82 Å². The molecule has 0 saturated carbocycles. The minimum Gasteiger partial charge on any atom is -0.369 e. The van der Waals surface area contributed by atoms with Crippen LogP contribution in [0.5, 0.6) is 0 Å². The summed E-state index contributed by atoms with van der Waals surface area (Å²) in [6.45, 7) is 2.00. The Kier molecular flexibility index (Phi) is 2.30. The number of benzene rings is 2. The number of hydrogen-bond donors (Lipinski definition) is 1. The van der Waals surface area contributed by atoms with Crippen LogP contribution in [0.3, 0.4) is 0 Å². The van der Waals surface area contributed by atoms with Crippen LogP contribution < -0.4 is 5.73 Å². The number of nitrogen functional groups attached to an aromatic ring is 1. The molecule has 90 valence electrons. The molecule has 0 atom stereocenters. The number of aryl methyl sites for hydroxylation is 1. The molecule has 2 N–H and O–H groups in total. The van der Waals surface area contributed by atoms with E-state index in [1.165, 1.54) is 6.07 Å². The van der Waals surface area contributed by atoms with Crippen molar-refractivity contribution in [1.82, 2.24) is 9.55 Å². The fourth-order valence-electron chi connectivity index (χ4n) is 2.12. The molecule has 0 unspecified atom stereocenters. The number of aromatic nitrogens is 2. The Bertz CT molecular complexity index is 731. The zero-order valence-corrected chi connectivity index (χ0v) is 9.89. The summed E-state index contributed by atoms with van der Waals surface area (Å²) < 4.78 is 15.4. The molecule has 0 radical (unpaired) electrons. The van der Waals surface area contributed by atoms with E-state index in [0.717, 1.165) is 11.3 Å². The Labute approximate surface area is 104 Å². The van der Waals surface area contributed by atoms with Crippen LogP contribution in [0.25, 0.3) is 16.7 Å². The molecule has 0 spiro atoms. The second-order valence-corrected chi connectivity index (χ2v) is 4.25. The first-order chi connectivity index (χ1) is 8.66. The second-order valence-electron chi connectivity index (χ2n) is 4.25. The average Bonchev–Trinajstić information content (AvgIpc) is 2.67. The van der Waals surface area contributed by atoms with Gasteiger partial charge in [0.1, 0.15) is 5.52 Å². The third-order valence-electron chi connectivity index (χ3n) is 2.92. The highest BCUT2D eigenvalue weighted by molar-refractivity contribution is 5.81. The molecule has 0 aliphatic carbocycles. The molecule has 0 amide bonds. The molecule has 1 heterocycles.